The SMILES string of the molecule is CC(=O)Nc1ccc(-c2cccc(CN[C@H](C)c3ccccc3)c2)cn1. The van der Waals surface area contributed by atoms with Crippen molar-refractivity contribution in [3.05, 3.63) is 84.1 Å². The van der Waals surface area contributed by atoms with E-state index in [4.69, 9.17) is 0 Å². The Balaban J connectivity index is 1.67. The van der Waals surface area contributed by atoms with Crippen LogP contribution in [0.5, 0.6) is 0 Å². The van der Waals surface area contributed by atoms with E-state index in [0.29, 0.717) is 11.9 Å². The van der Waals surface area contributed by atoms with E-state index in [9.17, 15) is 4.79 Å². The summed E-state index contributed by atoms with van der Waals surface area (Å²) in [5, 5.41) is 6.24. The highest BCUT2D eigenvalue weighted by atomic mass is 16.1. The van der Waals surface area contributed by atoms with E-state index in [1.807, 2.05) is 18.2 Å². The Morgan fingerprint density at radius 1 is 1.00 bits per heavy atom. The Kier molecular flexibility index (Phi) is 5.77. The van der Waals surface area contributed by atoms with Crippen LogP contribution in [0.1, 0.15) is 31.0 Å². The number of pyridine rings is 1. The van der Waals surface area contributed by atoms with Crippen molar-refractivity contribution in [2.45, 2.75) is 26.4 Å². The molecule has 0 unspecified atom stereocenters. The number of rotatable bonds is 6. The lowest BCUT2D eigenvalue weighted by Crippen LogP contribution is -2.17. The Hall–Kier alpha value is -2.98. The fourth-order valence-electron chi connectivity index (χ4n) is 2.81. The van der Waals surface area contributed by atoms with Gasteiger partial charge in [0, 0.05) is 31.3 Å². The van der Waals surface area contributed by atoms with Crippen molar-refractivity contribution in [3.63, 3.8) is 0 Å². The number of nitrogens with one attached hydrogen (secondary N) is 2. The number of amides is 1. The number of carbonyl (C=O) groups is 1. The van der Waals surface area contributed by atoms with Crippen molar-refractivity contribution in [2.75, 3.05) is 5.32 Å². The zero-order valence-corrected chi connectivity index (χ0v) is 15.1. The van der Waals surface area contributed by atoms with Crippen LogP contribution in [0.2, 0.25) is 0 Å². The van der Waals surface area contributed by atoms with Gasteiger partial charge in [-0.2, -0.15) is 0 Å². The average Bonchev–Trinajstić information content (AvgIpc) is 2.67. The number of anilines is 1. The first-order chi connectivity index (χ1) is 12.6. The Bertz CT molecular complexity index is 860. The van der Waals surface area contributed by atoms with Crippen LogP contribution >= 0.6 is 0 Å². The van der Waals surface area contributed by atoms with Crippen LogP contribution in [0.15, 0.2) is 72.9 Å². The van der Waals surface area contributed by atoms with Crippen LogP contribution in [-0.2, 0) is 11.3 Å². The smallest absolute Gasteiger partial charge is 0.222 e. The van der Waals surface area contributed by atoms with Crippen LogP contribution in [-0.4, -0.2) is 10.9 Å². The Labute approximate surface area is 154 Å². The van der Waals surface area contributed by atoms with E-state index in [1.54, 1.807) is 6.20 Å². The lowest BCUT2D eigenvalue weighted by atomic mass is 10.0. The quantitative estimate of drug-likeness (QED) is 0.689. The summed E-state index contributed by atoms with van der Waals surface area (Å²) in [6.45, 7) is 4.44. The zero-order valence-electron chi connectivity index (χ0n) is 15.1. The third kappa shape index (κ3) is 4.77. The summed E-state index contributed by atoms with van der Waals surface area (Å²) in [4.78, 5) is 15.4. The van der Waals surface area contributed by atoms with Gasteiger partial charge in [-0.1, -0.05) is 48.5 Å². The number of nitrogens with zero attached hydrogens (tertiary/aromatic N) is 1. The normalized spacial score (nSPS) is 11.8. The van der Waals surface area contributed by atoms with E-state index >= 15 is 0 Å². The van der Waals surface area contributed by atoms with Crippen LogP contribution < -0.4 is 10.6 Å². The van der Waals surface area contributed by atoms with E-state index < -0.39 is 0 Å². The number of hydrogen-bond acceptors (Lipinski definition) is 3. The molecule has 1 atom stereocenters. The first kappa shape index (κ1) is 17.8. The van der Waals surface area contributed by atoms with Crippen molar-refractivity contribution < 1.29 is 4.79 Å². The number of carbonyl (C=O) groups excluding carboxylic acids is 1. The van der Waals surface area contributed by atoms with E-state index in [-0.39, 0.29) is 5.91 Å². The van der Waals surface area contributed by atoms with Gasteiger partial charge < -0.3 is 10.6 Å². The van der Waals surface area contributed by atoms with Gasteiger partial charge in [-0.15, -0.1) is 0 Å². The molecule has 0 fully saturated rings. The minimum Gasteiger partial charge on any atom is -0.311 e. The highest BCUT2D eigenvalue weighted by Gasteiger charge is 2.05. The van der Waals surface area contributed by atoms with Gasteiger partial charge in [0.1, 0.15) is 5.82 Å². The standard InChI is InChI=1S/C22H23N3O/c1-16(19-8-4-3-5-9-19)23-14-18-7-6-10-20(13-18)21-11-12-22(24-15-21)25-17(2)26/h3-13,15-16,23H,14H2,1-2H3,(H,24,25,26)/t16-/m1/s1. The molecule has 0 aliphatic rings. The molecule has 0 aliphatic heterocycles. The molecule has 3 rings (SSSR count). The van der Waals surface area contributed by atoms with Crippen molar-refractivity contribution in [1.29, 1.82) is 0 Å². The largest absolute Gasteiger partial charge is 0.311 e. The molecule has 4 nitrogen and oxygen atoms in total. The van der Waals surface area contributed by atoms with Crippen LogP contribution in [0, 0.1) is 0 Å². The lowest BCUT2D eigenvalue weighted by Gasteiger charge is -2.14. The van der Waals surface area contributed by atoms with Crippen LogP contribution in [0.3, 0.4) is 0 Å². The van der Waals surface area contributed by atoms with E-state index in [2.05, 4.69) is 71.1 Å². The molecule has 4 heteroatoms. The summed E-state index contributed by atoms with van der Waals surface area (Å²) in [6, 6.07) is 22.9. The average molecular weight is 345 g/mol. The minimum atomic E-state index is -0.120. The predicted molar refractivity (Wildman–Crippen MR) is 106 cm³/mol. The fourth-order valence-corrected chi connectivity index (χ4v) is 2.81. The van der Waals surface area contributed by atoms with Crippen molar-refractivity contribution in [3.8, 4) is 11.1 Å². The van der Waals surface area contributed by atoms with Crippen molar-refractivity contribution in [2.24, 2.45) is 0 Å². The topological polar surface area (TPSA) is 54.0 Å². The summed E-state index contributed by atoms with van der Waals surface area (Å²) >= 11 is 0. The van der Waals surface area contributed by atoms with Crippen LogP contribution in [0.25, 0.3) is 11.1 Å². The van der Waals surface area contributed by atoms with E-state index in [0.717, 1.165) is 17.7 Å². The monoisotopic (exact) mass is 345 g/mol. The van der Waals surface area contributed by atoms with E-state index in [1.165, 1.54) is 18.1 Å². The molecule has 1 heterocycles. The summed E-state index contributed by atoms with van der Waals surface area (Å²) in [5.41, 5.74) is 4.63. The maximum atomic E-state index is 11.1. The second kappa shape index (κ2) is 8.41. The molecule has 1 amide bonds. The lowest BCUT2D eigenvalue weighted by molar-refractivity contribution is -0.114. The maximum absolute atomic E-state index is 11.1. The molecule has 26 heavy (non-hydrogen) atoms. The van der Waals surface area contributed by atoms with Crippen molar-refractivity contribution >= 4 is 11.7 Å². The molecule has 1 aromatic heterocycles. The molecular weight excluding hydrogens is 322 g/mol. The third-order valence-electron chi connectivity index (χ3n) is 4.24. The molecule has 3 aromatic rings. The molecule has 0 aliphatic carbocycles. The van der Waals surface area contributed by atoms with Crippen molar-refractivity contribution in [1.82, 2.24) is 10.3 Å². The molecule has 2 aromatic carbocycles. The van der Waals surface area contributed by atoms with Gasteiger partial charge in [-0.05, 0) is 41.8 Å². The van der Waals surface area contributed by atoms with Gasteiger partial charge in [-0.3, -0.25) is 4.79 Å². The fraction of sp³-hybridized carbons (Fsp3) is 0.182. The highest BCUT2D eigenvalue weighted by molar-refractivity contribution is 5.87. The summed E-state index contributed by atoms with van der Waals surface area (Å²) in [5.74, 6) is 0.446. The molecular formula is C22H23N3O. The zero-order chi connectivity index (χ0) is 18.4. The molecule has 0 saturated heterocycles. The van der Waals surface area contributed by atoms with Gasteiger partial charge in [0.25, 0.3) is 0 Å². The molecule has 0 spiro atoms. The Morgan fingerprint density at radius 2 is 1.81 bits per heavy atom. The molecule has 2 N–H and O–H groups in total. The molecule has 0 bridgehead atoms. The summed E-state index contributed by atoms with van der Waals surface area (Å²) < 4.78 is 0. The van der Waals surface area contributed by atoms with Gasteiger partial charge in [0.2, 0.25) is 5.91 Å². The number of benzene rings is 2. The Morgan fingerprint density at radius 3 is 2.50 bits per heavy atom. The second-order valence-electron chi connectivity index (χ2n) is 6.33. The number of hydrogen-bond donors (Lipinski definition) is 2. The third-order valence-corrected chi connectivity index (χ3v) is 4.24. The predicted octanol–water partition coefficient (Wildman–Crippen LogP) is 4.56. The molecule has 0 saturated carbocycles. The summed E-state index contributed by atoms with van der Waals surface area (Å²) in [6.07, 6.45) is 1.78. The molecule has 0 radical (unpaired) electrons. The maximum Gasteiger partial charge on any atom is 0.222 e. The highest BCUT2D eigenvalue weighted by Crippen LogP contribution is 2.21. The van der Waals surface area contributed by atoms with Crippen LogP contribution in [0.4, 0.5) is 5.82 Å². The van der Waals surface area contributed by atoms with Gasteiger partial charge in [-0.25, -0.2) is 4.98 Å². The molecule has 132 valence electrons. The van der Waals surface area contributed by atoms with Gasteiger partial charge >= 0.3 is 0 Å². The second-order valence-corrected chi connectivity index (χ2v) is 6.33. The summed E-state index contributed by atoms with van der Waals surface area (Å²) in [7, 11) is 0. The van der Waals surface area contributed by atoms with Gasteiger partial charge in [0.05, 0.1) is 0 Å². The first-order valence-corrected chi connectivity index (χ1v) is 8.73. The van der Waals surface area contributed by atoms with Gasteiger partial charge in [0.15, 0.2) is 0 Å². The number of aromatic nitrogens is 1. The first-order valence-electron chi connectivity index (χ1n) is 8.73. The minimum absolute atomic E-state index is 0.120.